The Balaban J connectivity index is 1.23. The van der Waals surface area contributed by atoms with Gasteiger partial charge in [0, 0.05) is 36.3 Å². The van der Waals surface area contributed by atoms with E-state index in [9.17, 15) is 0 Å². The molecule has 3 nitrogen and oxygen atoms in total. The Labute approximate surface area is 139 Å². The molecular formula is C17H20N2OS2. The first kappa shape index (κ1) is 14.7. The number of aromatic nitrogens is 1. The molecule has 0 saturated carbocycles. The molecule has 2 aromatic rings. The van der Waals surface area contributed by atoms with Crippen LogP contribution in [0.25, 0.3) is 0 Å². The Bertz CT molecular complexity index is 596. The highest BCUT2D eigenvalue weighted by molar-refractivity contribution is 8.01. The number of pyridine rings is 1. The minimum absolute atomic E-state index is 0.385. The van der Waals surface area contributed by atoms with Gasteiger partial charge in [-0.25, -0.2) is 0 Å². The fourth-order valence-electron chi connectivity index (χ4n) is 3.34. The number of thioether (sulfide) groups is 1. The van der Waals surface area contributed by atoms with Crippen molar-refractivity contribution in [2.24, 2.45) is 0 Å². The second-order valence-electron chi connectivity index (χ2n) is 6.23. The molecule has 1 atom stereocenters. The fraction of sp³-hybridized carbons (Fsp3) is 0.471. The molecular weight excluding hydrogens is 312 g/mol. The summed E-state index contributed by atoms with van der Waals surface area (Å²) in [4.78, 5) is 6.88. The third-order valence-electron chi connectivity index (χ3n) is 4.38. The van der Waals surface area contributed by atoms with Gasteiger partial charge in [0.15, 0.2) is 0 Å². The molecule has 2 fully saturated rings. The maximum absolute atomic E-state index is 6.06. The van der Waals surface area contributed by atoms with E-state index >= 15 is 0 Å². The minimum atomic E-state index is 0.385. The summed E-state index contributed by atoms with van der Waals surface area (Å²) in [5, 5.41) is 4.42. The van der Waals surface area contributed by atoms with Gasteiger partial charge in [0.1, 0.15) is 0 Å². The quantitative estimate of drug-likeness (QED) is 0.838. The smallest absolute Gasteiger partial charge is 0.0892 e. The van der Waals surface area contributed by atoms with Gasteiger partial charge in [0.05, 0.1) is 18.4 Å². The van der Waals surface area contributed by atoms with Crippen LogP contribution in [-0.2, 0) is 17.9 Å². The molecule has 0 aromatic carbocycles. The predicted molar refractivity (Wildman–Crippen MR) is 92.2 cm³/mol. The van der Waals surface area contributed by atoms with Crippen molar-refractivity contribution >= 4 is 23.1 Å². The number of rotatable bonds is 5. The lowest BCUT2D eigenvalue weighted by Gasteiger charge is -2.47. The van der Waals surface area contributed by atoms with Crippen LogP contribution < -0.4 is 0 Å². The summed E-state index contributed by atoms with van der Waals surface area (Å²) >= 11 is 3.89. The number of thiophene rings is 1. The summed E-state index contributed by atoms with van der Waals surface area (Å²) in [6.07, 6.45) is 3.40. The first-order valence-electron chi connectivity index (χ1n) is 7.70. The summed E-state index contributed by atoms with van der Waals surface area (Å²) < 4.78 is 6.51. The standard InChI is InChI=1S/C17H20N2OS2/c1-2-5-18-15(3-1)9-20-16-7-17(22-11-16)12-19(13-17)8-14-4-6-21-10-14/h1-6,10,16H,7-9,11-13H2. The summed E-state index contributed by atoms with van der Waals surface area (Å²) in [5.74, 6) is 1.12. The molecule has 1 unspecified atom stereocenters. The van der Waals surface area contributed by atoms with Crippen LogP contribution in [0.15, 0.2) is 41.2 Å². The molecule has 116 valence electrons. The molecule has 5 heteroatoms. The summed E-state index contributed by atoms with van der Waals surface area (Å²) in [6, 6.07) is 8.23. The Hall–Kier alpha value is -0.880. The van der Waals surface area contributed by atoms with Gasteiger partial charge in [-0.3, -0.25) is 9.88 Å². The van der Waals surface area contributed by atoms with E-state index in [1.807, 2.05) is 24.4 Å². The number of ether oxygens (including phenoxy) is 1. The summed E-state index contributed by atoms with van der Waals surface area (Å²) in [5.41, 5.74) is 2.48. The van der Waals surface area contributed by atoms with Crippen LogP contribution in [0.1, 0.15) is 17.7 Å². The molecule has 4 rings (SSSR count). The molecule has 0 N–H and O–H groups in total. The van der Waals surface area contributed by atoms with Crippen LogP contribution in [-0.4, -0.2) is 39.6 Å². The number of likely N-dealkylation sites (tertiary alicyclic amines) is 1. The predicted octanol–water partition coefficient (Wildman–Crippen LogP) is 3.42. The van der Waals surface area contributed by atoms with E-state index in [4.69, 9.17) is 4.74 Å². The third kappa shape index (κ3) is 3.23. The minimum Gasteiger partial charge on any atom is -0.371 e. The van der Waals surface area contributed by atoms with Crippen LogP contribution in [0.4, 0.5) is 0 Å². The molecule has 2 aromatic heterocycles. The highest BCUT2D eigenvalue weighted by atomic mass is 32.2. The van der Waals surface area contributed by atoms with Crippen LogP contribution in [0, 0.1) is 0 Å². The fourth-order valence-corrected chi connectivity index (χ4v) is 5.60. The molecule has 0 aliphatic carbocycles. The first-order valence-corrected chi connectivity index (χ1v) is 9.63. The summed E-state index contributed by atoms with van der Waals surface area (Å²) in [7, 11) is 0. The highest BCUT2D eigenvalue weighted by Crippen LogP contribution is 2.46. The first-order chi connectivity index (χ1) is 10.8. The topological polar surface area (TPSA) is 25.4 Å². The average molecular weight is 332 g/mol. The molecule has 2 aliphatic heterocycles. The van der Waals surface area contributed by atoms with E-state index in [2.05, 4.69) is 38.5 Å². The van der Waals surface area contributed by atoms with Gasteiger partial charge < -0.3 is 4.74 Å². The van der Waals surface area contributed by atoms with Crippen molar-refractivity contribution in [3.63, 3.8) is 0 Å². The van der Waals surface area contributed by atoms with E-state index in [1.165, 1.54) is 25.1 Å². The Morgan fingerprint density at radius 1 is 1.32 bits per heavy atom. The van der Waals surface area contributed by atoms with Crippen LogP contribution >= 0.6 is 23.1 Å². The van der Waals surface area contributed by atoms with E-state index < -0.39 is 0 Å². The van der Waals surface area contributed by atoms with Gasteiger partial charge in [-0.15, -0.1) is 11.8 Å². The van der Waals surface area contributed by atoms with Crippen LogP contribution in [0.5, 0.6) is 0 Å². The van der Waals surface area contributed by atoms with Crippen molar-refractivity contribution in [2.45, 2.75) is 30.4 Å². The molecule has 2 aliphatic rings. The molecule has 0 amide bonds. The van der Waals surface area contributed by atoms with E-state index in [1.54, 1.807) is 11.3 Å². The van der Waals surface area contributed by atoms with Crippen molar-refractivity contribution in [3.8, 4) is 0 Å². The molecule has 0 bridgehead atoms. The van der Waals surface area contributed by atoms with Crippen molar-refractivity contribution < 1.29 is 4.74 Å². The van der Waals surface area contributed by atoms with Crippen LogP contribution in [0.3, 0.4) is 0 Å². The third-order valence-corrected chi connectivity index (χ3v) is 6.69. The van der Waals surface area contributed by atoms with Gasteiger partial charge in [-0.1, -0.05) is 6.07 Å². The maximum atomic E-state index is 6.06. The summed E-state index contributed by atoms with van der Waals surface area (Å²) in [6.45, 7) is 4.15. The van der Waals surface area contributed by atoms with E-state index in [-0.39, 0.29) is 0 Å². The van der Waals surface area contributed by atoms with Crippen molar-refractivity contribution in [1.82, 2.24) is 9.88 Å². The van der Waals surface area contributed by atoms with E-state index in [0.717, 1.165) is 18.0 Å². The second kappa shape index (κ2) is 6.32. The highest BCUT2D eigenvalue weighted by Gasteiger charge is 2.49. The molecule has 4 heterocycles. The second-order valence-corrected chi connectivity index (χ2v) is 8.50. The Morgan fingerprint density at radius 3 is 3.05 bits per heavy atom. The zero-order chi connectivity index (χ0) is 14.8. The van der Waals surface area contributed by atoms with Crippen molar-refractivity contribution in [3.05, 3.63) is 52.5 Å². The lowest BCUT2D eigenvalue weighted by molar-refractivity contribution is 0.0251. The Morgan fingerprint density at radius 2 is 2.27 bits per heavy atom. The van der Waals surface area contributed by atoms with Crippen molar-refractivity contribution in [2.75, 3.05) is 18.8 Å². The van der Waals surface area contributed by atoms with Crippen LogP contribution in [0.2, 0.25) is 0 Å². The zero-order valence-electron chi connectivity index (χ0n) is 12.5. The van der Waals surface area contributed by atoms with Gasteiger partial charge in [-0.2, -0.15) is 11.3 Å². The number of hydrogen-bond donors (Lipinski definition) is 0. The largest absolute Gasteiger partial charge is 0.371 e. The molecule has 22 heavy (non-hydrogen) atoms. The molecule has 0 radical (unpaired) electrons. The lowest BCUT2D eigenvalue weighted by atomic mass is 9.92. The lowest BCUT2D eigenvalue weighted by Crippen LogP contribution is -2.58. The molecule has 1 spiro atoms. The monoisotopic (exact) mass is 332 g/mol. The van der Waals surface area contributed by atoms with E-state index in [0.29, 0.717) is 17.5 Å². The number of nitrogens with zero attached hydrogens (tertiary/aromatic N) is 2. The SMILES string of the molecule is c1ccc(COC2CSC3(C2)CN(Cc2ccsc2)C3)nc1. The maximum Gasteiger partial charge on any atom is 0.0892 e. The Kier molecular flexibility index (Phi) is 4.22. The zero-order valence-corrected chi connectivity index (χ0v) is 14.1. The molecule has 2 saturated heterocycles. The number of hydrogen-bond acceptors (Lipinski definition) is 5. The average Bonchev–Trinajstić information content (AvgIpc) is 3.16. The van der Waals surface area contributed by atoms with Gasteiger partial charge >= 0.3 is 0 Å². The van der Waals surface area contributed by atoms with Gasteiger partial charge in [0.25, 0.3) is 0 Å². The van der Waals surface area contributed by atoms with Crippen molar-refractivity contribution in [1.29, 1.82) is 0 Å². The normalized spacial score (nSPS) is 23.7. The van der Waals surface area contributed by atoms with Gasteiger partial charge in [-0.05, 0) is 40.9 Å². The van der Waals surface area contributed by atoms with Gasteiger partial charge in [0.2, 0.25) is 0 Å².